The summed E-state index contributed by atoms with van der Waals surface area (Å²) in [4.78, 5) is 25.0. The Morgan fingerprint density at radius 3 is 2.23 bits per heavy atom. The third-order valence-corrected chi connectivity index (χ3v) is 4.28. The maximum absolute atomic E-state index is 13.0. The Labute approximate surface area is 157 Å². The van der Waals surface area contributed by atoms with Crippen molar-refractivity contribution in [2.24, 2.45) is 5.92 Å². The van der Waals surface area contributed by atoms with Crippen LogP contribution < -0.4 is 10.6 Å². The van der Waals surface area contributed by atoms with E-state index in [9.17, 15) is 14.0 Å². The highest BCUT2D eigenvalue weighted by molar-refractivity contribution is 6.30. The minimum absolute atomic E-state index is 0.119. The standard InChI is InChI=1S/C20H22ClFN2O2/c1-12(2)18(24-19(25)14-7-9-17(22)10-8-14)20(26)23-13(3)15-5-4-6-16(21)11-15/h4-13,18H,1-3H3,(H,23,26)(H,24,25). The van der Waals surface area contributed by atoms with Crippen LogP contribution in [0.1, 0.15) is 42.7 Å². The summed E-state index contributed by atoms with van der Waals surface area (Å²) in [7, 11) is 0. The van der Waals surface area contributed by atoms with Gasteiger partial charge in [-0.2, -0.15) is 0 Å². The fourth-order valence-electron chi connectivity index (χ4n) is 2.52. The molecule has 2 aromatic carbocycles. The van der Waals surface area contributed by atoms with Gasteiger partial charge in [-0.25, -0.2) is 4.39 Å². The minimum atomic E-state index is -0.714. The number of rotatable bonds is 6. The van der Waals surface area contributed by atoms with Crippen molar-refractivity contribution in [2.75, 3.05) is 0 Å². The first-order valence-corrected chi connectivity index (χ1v) is 8.78. The Morgan fingerprint density at radius 1 is 1.00 bits per heavy atom. The highest BCUT2D eigenvalue weighted by atomic mass is 35.5. The number of halogens is 2. The van der Waals surface area contributed by atoms with Crippen molar-refractivity contribution in [1.82, 2.24) is 10.6 Å². The molecule has 4 nitrogen and oxygen atoms in total. The van der Waals surface area contributed by atoms with Crippen LogP contribution in [0.2, 0.25) is 5.02 Å². The fraction of sp³-hybridized carbons (Fsp3) is 0.300. The van der Waals surface area contributed by atoms with Crippen LogP contribution in [0, 0.1) is 11.7 Å². The first-order chi connectivity index (χ1) is 12.3. The van der Waals surface area contributed by atoms with Crippen LogP contribution in [0.3, 0.4) is 0 Å². The molecule has 2 aromatic rings. The van der Waals surface area contributed by atoms with Gasteiger partial charge in [-0.3, -0.25) is 9.59 Å². The molecule has 6 heteroatoms. The molecule has 26 heavy (non-hydrogen) atoms. The van der Waals surface area contributed by atoms with E-state index in [1.165, 1.54) is 24.3 Å². The second-order valence-corrected chi connectivity index (χ2v) is 6.92. The van der Waals surface area contributed by atoms with Crippen molar-refractivity contribution in [3.05, 3.63) is 70.5 Å². The smallest absolute Gasteiger partial charge is 0.251 e. The summed E-state index contributed by atoms with van der Waals surface area (Å²) in [5, 5.41) is 6.21. The van der Waals surface area contributed by atoms with Gasteiger partial charge in [-0.15, -0.1) is 0 Å². The molecule has 0 spiro atoms. The van der Waals surface area contributed by atoms with Gasteiger partial charge in [0.2, 0.25) is 5.91 Å². The lowest BCUT2D eigenvalue weighted by atomic mass is 10.0. The average molecular weight is 377 g/mol. The summed E-state index contributed by atoms with van der Waals surface area (Å²) in [6.07, 6.45) is 0. The van der Waals surface area contributed by atoms with Gasteiger partial charge in [0.1, 0.15) is 11.9 Å². The SMILES string of the molecule is CC(NC(=O)C(NC(=O)c1ccc(F)cc1)C(C)C)c1cccc(Cl)c1. The Balaban J connectivity index is 2.07. The van der Waals surface area contributed by atoms with Crippen LogP contribution in [0.5, 0.6) is 0 Å². The maximum atomic E-state index is 13.0. The van der Waals surface area contributed by atoms with Crippen LogP contribution in [0.15, 0.2) is 48.5 Å². The van der Waals surface area contributed by atoms with Crippen LogP contribution in [-0.2, 0) is 4.79 Å². The van der Waals surface area contributed by atoms with Gasteiger partial charge in [0.25, 0.3) is 5.91 Å². The van der Waals surface area contributed by atoms with Crippen molar-refractivity contribution < 1.29 is 14.0 Å². The van der Waals surface area contributed by atoms with Gasteiger partial charge in [0, 0.05) is 10.6 Å². The summed E-state index contributed by atoms with van der Waals surface area (Å²) in [6, 6.07) is 11.5. The molecule has 0 heterocycles. The molecule has 0 aliphatic heterocycles. The average Bonchev–Trinajstić information content (AvgIpc) is 2.59. The predicted octanol–water partition coefficient (Wildman–Crippen LogP) is 4.11. The summed E-state index contributed by atoms with van der Waals surface area (Å²) >= 11 is 5.99. The number of carbonyl (C=O) groups is 2. The van der Waals surface area contributed by atoms with Gasteiger partial charge in [-0.05, 0) is 54.8 Å². The Kier molecular flexibility index (Phi) is 6.75. The Hall–Kier alpha value is -2.40. The molecule has 2 rings (SSSR count). The van der Waals surface area contributed by atoms with Crippen molar-refractivity contribution in [3.63, 3.8) is 0 Å². The zero-order valence-corrected chi connectivity index (χ0v) is 15.7. The van der Waals surface area contributed by atoms with Crippen molar-refractivity contribution >= 4 is 23.4 Å². The third kappa shape index (κ3) is 5.30. The lowest BCUT2D eigenvalue weighted by molar-refractivity contribution is -0.124. The van der Waals surface area contributed by atoms with Gasteiger partial charge in [-0.1, -0.05) is 37.6 Å². The highest BCUT2D eigenvalue weighted by Crippen LogP contribution is 2.18. The lowest BCUT2D eigenvalue weighted by Crippen LogP contribution is -2.50. The van der Waals surface area contributed by atoms with E-state index in [-0.39, 0.29) is 17.9 Å². The Morgan fingerprint density at radius 2 is 1.65 bits per heavy atom. The van der Waals surface area contributed by atoms with Crippen LogP contribution in [0.4, 0.5) is 4.39 Å². The van der Waals surface area contributed by atoms with E-state index in [0.29, 0.717) is 10.6 Å². The highest BCUT2D eigenvalue weighted by Gasteiger charge is 2.26. The van der Waals surface area contributed by atoms with Crippen molar-refractivity contribution in [1.29, 1.82) is 0 Å². The topological polar surface area (TPSA) is 58.2 Å². The molecular formula is C20H22ClFN2O2. The largest absolute Gasteiger partial charge is 0.348 e. The molecule has 0 aliphatic carbocycles. The van der Waals surface area contributed by atoms with E-state index < -0.39 is 17.8 Å². The maximum Gasteiger partial charge on any atom is 0.251 e. The molecule has 2 N–H and O–H groups in total. The lowest BCUT2D eigenvalue weighted by Gasteiger charge is -2.24. The number of carbonyl (C=O) groups excluding carboxylic acids is 2. The second-order valence-electron chi connectivity index (χ2n) is 6.49. The van der Waals surface area contributed by atoms with Gasteiger partial charge >= 0.3 is 0 Å². The molecular weight excluding hydrogens is 355 g/mol. The summed E-state index contributed by atoms with van der Waals surface area (Å²) in [6.45, 7) is 5.54. The molecule has 0 saturated carbocycles. The zero-order valence-electron chi connectivity index (χ0n) is 14.9. The molecule has 0 radical (unpaired) electrons. The molecule has 2 atom stereocenters. The monoisotopic (exact) mass is 376 g/mol. The second kappa shape index (κ2) is 8.81. The van der Waals surface area contributed by atoms with Crippen LogP contribution in [0.25, 0.3) is 0 Å². The van der Waals surface area contributed by atoms with Crippen molar-refractivity contribution in [2.45, 2.75) is 32.9 Å². The molecule has 0 aliphatic rings. The molecule has 138 valence electrons. The molecule has 2 amide bonds. The predicted molar refractivity (Wildman–Crippen MR) is 101 cm³/mol. The molecule has 0 aromatic heterocycles. The number of hydrogen-bond acceptors (Lipinski definition) is 2. The van der Waals surface area contributed by atoms with Crippen LogP contribution in [-0.4, -0.2) is 17.9 Å². The fourth-order valence-corrected chi connectivity index (χ4v) is 2.72. The van der Waals surface area contributed by atoms with E-state index in [4.69, 9.17) is 11.6 Å². The summed E-state index contributed by atoms with van der Waals surface area (Å²) in [5.74, 6) is -1.25. The number of nitrogens with one attached hydrogen (secondary N) is 2. The number of hydrogen-bond donors (Lipinski definition) is 2. The van der Waals surface area contributed by atoms with E-state index in [1.807, 2.05) is 32.9 Å². The third-order valence-electron chi connectivity index (χ3n) is 4.05. The minimum Gasteiger partial charge on any atom is -0.348 e. The normalized spacial score (nSPS) is 13.2. The van der Waals surface area contributed by atoms with Gasteiger partial charge < -0.3 is 10.6 Å². The quantitative estimate of drug-likeness (QED) is 0.797. The number of amides is 2. The van der Waals surface area contributed by atoms with Crippen molar-refractivity contribution in [3.8, 4) is 0 Å². The molecule has 0 saturated heterocycles. The van der Waals surface area contributed by atoms with E-state index >= 15 is 0 Å². The van der Waals surface area contributed by atoms with E-state index in [1.54, 1.807) is 12.1 Å². The summed E-state index contributed by atoms with van der Waals surface area (Å²) in [5.41, 5.74) is 1.17. The molecule has 0 fully saturated rings. The van der Waals surface area contributed by atoms with E-state index in [0.717, 1.165) is 5.56 Å². The molecule has 2 unspecified atom stereocenters. The summed E-state index contributed by atoms with van der Waals surface area (Å²) < 4.78 is 13.0. The zero-order chi connectivity index (χ0) is 19.3. The first-order valence-electron chi connectivity index (χ1n) is 8.40. The number of benzene rings is 2. The first kappa shape index (κ1) is 19.9. The van der Waals surface area contributed by atoms with Gasteiger partial charge in [0.15, 0.2) is 0 Å². The molecule has 0 bridgehead atoms. The Bertz CT molecular complexity index is 778. The van der Waals surface area contributed by atoms with Crippen LogP contribution >= 0.6 is 11.6 Å². The van der Waals surface area contributed by atoms with Gasteiger partial charge in [0.05, 0.1) is 6.04 Å². The van der Waals surface area contributed by atoms with E-state index in [2.05, 4.69) is 10.6 Å².